The summed E-state index contributed by atoms with van der Waals surface area (Å²) in [6.07, 6.45) is 0. The Morgan fingerprint density at radius 2 is 1.72 bits per heavy atom. The van der Waals surface area contributed by atoms with E-state index in [9.17, 15) is 23.5 Å². The zero-order valence-electron chi connectivity index (χ0n) is 13.3. The van der Waals surface area contributed by atoms with E-state index in [2.05, 4.69) is 4.74 Å². The Morgan fingerprint density at radius 3 is 2.44 bits per heavy atom. The molecule has 0 atom stereocenters. The number of hydrogen-bond donors (Lipinski definition) is 1. The molecule has 0 heterocycles. The Kier molecular flexibility index (Phi) is 5.74. The highest BCUT2D eigenvalue weighted by Crippen LogP contribution is 2.31. The van der Waals surface area contributed by atoms with Crippen LogP contribution in [0.5, 0.6) is 11.5 Å². The van der Waals surface area contributed by atoms with E-state index >= 15 is 0 Å². The van der Waals surface area contributed by atoms with Gasteiger partial charge in [-0.25, -0.2) is 9.59 Å². The summed E-state index contributed by atoms with van der Waals surface area (Å²) in [4.78, 5) is 22.1. The highest BCUT2D eigenvalue weighted by Gasteiger charge is 2.34. The minimum absolute atomic E-state index is 0.00159. The van der Waals surface area contributed by atoms with Crippen molar-refractivity contribution in [2.75, 3.05) is 19.8 Å². The van der Waals surface area contributed by atoms with Gasteiger partial charge < -0.3 is 19.3 Å². The standard InChI is InChI=1S/C17H16F2O6/c1-17(18,19)16(22)25-10-15(21)24-9-8-23-14-7-3-4-11-12(14)5-2-6-13(11)20/h2-7,20H,8-10H2,1H3. The SMILES string of the molecule is CC(F)(F)C(=O)OCC(=O)OCCOc1cccc2c(O)cccc12. The largest absolute Gasteiger partial charge is 0.507 e. The first-order valence-electron chi connectivity index (χ1n) is 7.33. The lowest BCUT2D eigenvalue weighted by Gasteiger charge is -2.11. The minimum Gasteiger partial charge on any atom is -0.507 e. The summed E-state index contributed by atoms with van der Waals surface area (Å²) < 4.78 is 39.4. The summed E-state index contributed by atoms with van der Waals surface area (Å²) in [7, 11) is 0. The van der Waals surface area contributed by atoms with E-state index in [0.29, 0.717) is 23.4 Å². The smallest absolute Gasteiger partial charge is 0.377 e. The molecule has 0 saturated heterocycles. The third-order valence-corrected chi connectivity index (χ3v) is 3.14. The Morgan fingerprint density at radius 1 is 1.04 bits per heavy atom. The molecule has 134 valence electrons. The van der Waals surface area contributed by atoms with Crippen molar-refractivity contribution in [1.29, 1.82) is 0 Å². The molecular weight excluding hydrogens is 338 g/mol. The van der Waals surface area contributed by atoms with Crippen molar-refractivity contribution in [2.45, 2.75) is 12.8 Å². The second-order valence-electron chi connectivity index (χ2n) is 5.16. The molecule has 0 aliphatic heterocycles. The maximum absolute atomic E-state index is 12.6. The first-order valence-corrected chi connectivity index (χ1v) is 7.33. The number of phenols is 1. The molecule has 0 spiro atoms. The van der Waals surface area contributed by atoms with E-state index in [-0.39, 0.29) is 19.0 Å². The summed E-state index contributed by atoms with van der Waals surface area (Å²) >= 11 is 0. The lowest BCUT2D eigenvalue weighted by Crippen LogP contribution is -2.29. The molecule has 0 bridgehead atoms. The van der Waals surface area contributed by atoms with Crippen LogP contribution in [-0.4, -0.2) is 42.8 Å². The summed E-state index contributed by atoms with van der Waals surface area (Å²) in [5.41, 5.74) is 0. The minimum atomic E-state index is -3.66. The molecule has 0 aromatic heterocycles. The van der Waals surface area contributed by atoms with E-state index in [0.717, 1.165) is 0 Å². The molecule has 0 aliphatic rings. The van der Waals surface area contributed by atoms with Gasteiger partial charge >= 0.3 is 17.9 Å². The highest BCUT2D eigenvalue weighted by atomic mass is 19.3. The van der Waals surface area contributed by atoms with Gasteiger partial charge in [-0.05, 0) is 12.1 Å². The van der Waals surface area contributed by atoms with Gasteiger partial charge in [0.05, 0.1) is 0 Å². The third kappa shape index (κ3) is 5.03. The van der Waals surface area contributed by atoms with Crippen LogP contribution in [-0.2, 0) is 19.1 Å². The summed E-state index contributed by atoms with van der Waals surface area (Å²) in [5, 5.41) is 11.1. The van der Waals surface area contributed by atoms with Gasteiger partial charge in [-0.15, -0.1) is 0 Å². The van der Waals surface area contributed by atoms with Gasteiger partial charge in [-0.2, -0.15) is 8.78 Å². The fourth-order valence-electron chi connectivity index (χ4n) is 1.99. The van der Waals surface area contributed by atoms with Gasteiger partial charge in [-0.3, -0.25) is 0 Å². The molecule has 2 aromatic rings. The lowest BCUT2D eigenvalue weighted by molar-refractivity contribution is -0.175. The van der Waals surface area contributed by atoms with Gasteiger partial charge in [0.25, 0.3) is 0 Å². The topological polar surface area (TPSA) is 82.1 Å². The normalized spacial score (nSPS) is 11.2. The van der Waals surface area contributed by atoms with E-state index in [4.69, 9.17) is 9.47 Å². The number of phenolic OH excluding ortho intramolecular Hbond substituents is 1. The van der Waals surface area contributed by atoms with Crippen LogP contribution < -0.4 is 4.74 Å². The number of esters is 2. The molecule has 0 saturated carbocycles. The number of halogens is 2. The van der Waals surface area contributed by atoms with Crippen molar-refractivity contribution in [3.8, 4) is 11.5 Å². The third-order valence-electron chi connectivity index (χ3n) is 3.14. The van der Waals surface area contributed by atoms with Crippen LogP contribution in [0, 0.1) is 0 Å². The predicted octanol–water partition coefficient (Wildman–Crippen LogP) is 2.67. The number of hydrogen-bond acceptors (Lipinski definition) is 6. The number of alkyl halides is 2. The fourth-order valence-corrected chi connectivity index (χ4v) is 1.99. The summed E-state index contributed by atoms with van der Waals surface area (Å²) in [5.74, 6) is -5.82. The number of carbonyl (C=O) groups is 2. The summed E-state index contributed by atoms with van der Waals surface area (Å²) in [6, 6.07) is 10.1. The molecule has 6 nitrogen and oxygen atoms in total. The van der Waals surface area contributed by atoms with Crippen LogP contribution in [0.2, 0.25) is 0 Å². The van der Waals surface area contributed by atoms with Crippen LogP contribution in [0.4, 0.5) is 8.78 Å². The quantitative estimate of drug-likeness (QED) is 0.608. The first-order chi connectivity index (χ1) is 11.8. The number of ether oxygens (including phenoxy) is 3. The monoisotopic (exact) mass is 354 g/mol. The molecule has 25 heavy (non-hydrogen) atoms. The average Bonchev–Trinajstić information content (AvgIpc) is 2.56. The van der Waals surface area contributed by atoms with Crippen molar-refractivity contribution in [3.05, 3.63) is 36.4 Å². The van der Waals surface area contributed by atoms with Gasteiger partial charge in [-0.1, -0.05) is 24.3 Å². The highest BCUT2D eigenvalue weighted by molar-refractivity contribution is 5.92. The van der Waals surface area contributed by atoms with Crippen LogP contribution >= 0.6 is 0 Å². The van der Waals surface area contributed by atoms with E-state index in [1.54, 1.807) is 36.4 Å². The number of rotatable bonds is 7. The van der Waals surface area contributed by atoms with Crippen LogP contribution in [0.3, 0.4) is 0 Å². The molecule has 0 amide bonds. The summed E-state index contributed by atoms with van der Waals surface area (Å²) in [6.45, 7) is -0.687. The fraction of sp³-hybridized carbons (Fsp3) is 0.294. The van der Waals surface area contributed by atoms with Gasteiger partial charge in [0.2, 0.25) is 0 Å². The van der Waals surface area contributed by atoms with Gasteiger partial charge in [0.15, 0.2) is 6.61 Å². The van der Waals surface area contributed by atoms with E-state index in [1.165, 1.54) is 0 Å². The Labute approximate surface area is 141 Å². The number of benzene rings is 2. The van der Waals surface area contributed by atoms with Crippen LogP contribution in [0.25, 0.3) is 10.8 Å². The molecule has 0 unspecified atom stereocenters. The zero-order valence-corrected chi connectivity index (χ0v) is 13.3. The second kappa shape index (κ2) is 7.78. The Hall–Kier alpha value is -2.90. The molecule has 2 rings (SSSR count). The maximum atomic E-state index is 12.6. The lowest BCUT2D eigenvalue weighted by atomic mass is 10.1. The molecule has 2 aromatic carbocycles. The number of fused-ring (bicyclic) bond motifs is 1. The molecular formula is C17H16F2O6. The van der Waals surface area contributed by atoms with Gasteiger partial charge in [0.1, 0.15) is 24.7 Å². The maximum Gasteiger partial charge on any atom is 0.377 e. The predicted molar refractivity (Wildman–Crippen MR) is 83.6 cm³/mol. The molecule has 8 heteroatoms. The van der Waals surface area contributed by atoms with Crippen LogP contribution in [0.15, 0.2) is 36.4 Å². The van der Waals surface area contributed by atoms with E-state index < -0.39 is 24.5 Å². The second-order valence-corrected chi connectivity index (χ2v) is 5.16. The van der Waals surface area contributed by atoms with Crippen molar-refractivity contribution in [2.24, 2.45) is 0 Å². The van der Waals surface area contributed by atoms with Crippen molar-refractivity contribution >= 4 is 22.7 Å². The molecule has 0 radical (unpaired) electrons. The van der Waals surface area contributed by atoms with E-state index in [1.807, 2.05) is 0 Å². The molecule has 1 N–H and O–H groups in total. The molecule has 0 fully saturated rings. The zero-order chi connectivity index (χ0) is 18.4. The number of carbonyl (C=O) groups excluding carboxylic acids is 2. The van der Waals surface area contributed by atoms with Crippen molar-refractivity contribution < 1.29 is 37.7 Å². The van der Waals surface area contributed by atoms with Crippen LogP contribution in [0.1, 0.15) is 6.92 Å². The van der Waals surface area contributed by atoms with Gasteiger partial charge in [0, 0.05) is 17.7 Å². The first kappa shape index (κ1) is 18.4. The Bertz CT molecular complexity index is 769. The average molecular weight is 354 g/mol. The van der Waals surface area contributed by atoms with Crippen molar-refractivity contribution in [1.82, 2.24) is 0 Å². The number of aromatic hydroxyl groups is 1. The van der Waals surface area contributed by atoms with Crippen molar-refractivity contribution in [3.63, 3.8) is 0 Å². The Balaban J connectivity index is 1.79. The molecule has 0 aliphatic carbocycles.